The summed E-state index contributed by atoms with van der Waals surface area (Å²) in [4.78, 5) is 6.57. The normalized spacial score (nSPS) is 11.7. The van der Waals surface area contributed by atoms with Crippen LogP contribution in [-0.4, -0.2) is 42.7 Å². The van der Waals surface area contributed by atoms with E-state index in [9.17, 15) is 0 Å². The molecule has 5 heteroatoms. The Morgan fingerprint density at radius 1 is 1.37 bits per heavy atom. The molecule has 0 saturated heterocycles. The predicted molar refractivity (Wildman–Crippen MR) is 80.7 cm³/mol. The lowest BCUT2D eigenvalue weighted by atomic mass is 10.0. The third-order valence-corrected chi connectivity index (χ3v) is 3.25. The first-order chi connectivity index (χ1) is 8.86. The Labute approximate surface area is 116 Å². The Balaban J connectivity index is 2.69. The molecule has 108 valence electrons. The van der Waals surface area contributed by atoms with Gasteiger partial charge in [-0.1, -0.05) is 6.92 Å². The molecule has 3 N–H and O–H groups in total. The van der Waals surface area contributed by atoms with Gasteiger partial charge in [0.05, 0.1) is 12.3 Å². The van der Waals surface area contributed by atoms with Gasteiger partial charge in [0, 0.05) is 12.1 Å². The van der Waals surface area contributed by atoms with E-state index in [0.717, 1.165) is 18.8 Å². The Bertz CT molecular complexity index is 404. The van der Waals surface area contributed by atoms with Crippen molar-refractivity contribution >= 4 is 11.5 Å². The number of nitrogens with one attached hydrogen (secondary N) is 1. The highest BCUT2D eigenvalue weighted by Crippen LogP contribution is 2.21. The summed E-state index contributed by atoms with van der Waals surface area (Å²) in [7, 11) is 4.13. The molecule has 0 aliphatic rings. The number of anilines is 2. The van der Waals surface area contributed by atoms with E-state index in [1.165, 1.54) is 0 Å². The van der Waals surface area contributed by atoms with Gasteiger partial charge >= 0.3 is 0 Å². The maximum absolute atomic E-state index is 5.84. The molecule has 0 saturated carbocycles. The van der Waals surface area contributed by atoms with E-state index in [0.29, 0.717) is 18.2 Å². The Morgan fingerprint density at radius 2 is 2.05 bits per heavy atom. The maximum atomic E-state index is 5.84. The van der Waals surface area contributed by atoms with Crippen molar-refractivity contribution in [3.8, 4) is 5.88 Å². The van der Waals surface area contributed by atoms with Gasteiger partial charge in [-0.2, -0.15) is 4.98 Å². The molecule has 0 aliphatic carbocycles. The average molecular weight is 266 g/mol. The van der Waals surface area contributed by atoms with Gasteiger partial charge in [0.1, 0.15) is 5.82 Å². The first-order valence-electron chi connectivity index (χ1n) is 6.67. The van der Waals surface area contributed by atoms with Gasteiger partial charge in [-0.05, 0) is 46.5 Å². The molecule has 0 bridgehead atoms. The molecule has 0 unspecified atom stereocenters. The second-order valence-electron chi connectivity index (χ2n) is 5.50. The van der Waals surface area contributed by atoms with E-state index in [4.69, 9.17) is 10.5 Å². The minimum absolute atomic E-state index is 0.0491. The van der Waals surface area contributed by atoms with Gasteiger partial charge in [0.2, 0.25) is 5.88 Å². The molecular weight excluding hydrogens is 240 g/mol. The summed E-state index contributed by atoms with van der Waals surface area (Å²) in [5.41, 5.74) is 6.46. The largest absolute Gasteiger partial charge is 0.476 e. The van der Waals surface area contributed by atoms with E-state index in [1.807, 2.05) is 12.1 Å². The number of nitrogens with two attached hydrogens (primary N) is 1. The van der Waals surface area contributed by atoms with Crippen LogP contribution < -0.4 is 15.8 Å². The number of pyridine rings is 1. The number of hydrogen-bond donors (Lipinski definition) is 2. The standard InChI is InChI=1S/C14H26N4O/c1-6-9-19-13-11(15)7-8-12(17-13)16-10-14(2,3)18(4)5/h7-8H,6,9-10,15H2,1-5H3,(H,16,17). The fraction of sp³-hybridized carbons (Fsp3) is 0.643. The quantitative estimate of drug-likeness (QED) is 0.792. The summed E-state index contributed by atoms with van der Waals surface area (Å²) in [5.74, 6) is 1.30. The maximum Gasteiger partial charge on any atom is 0.239 e. The summed E-state index contributed by atoms with van der Waals surface area (Å²) < 4.78 is 5.52. The number of aromatic nitrogens is 1. The lowest BCUT2D eigenvalue weighted by Crippen LogP contribution is -2.44. The first-order valence-corrected chi connectivity index (χ1v) is 6.67. The van der Waals surface area contributed by atoms with Crippen molar-refractivity contribution in [2.45, 2.75) is 32.7 Å². The summed E-state index contributed by atoms with van der Waals surface area (Å²) >= 11 is 0. The van der Waals surface area contributed by atoms with Crippen LogP contribution in [-0.2, 0) is 0 Å². The van der Waals surface area contributed by atoms with Crippen LogP contribution >= 0.6 is 0 Å². The van der Waals surface area contributed by atoms with Crippen LogP contribution in [0.25, 0.3) is 0 Å². The highest BCUT2D eigenvalue weighted by molar-refractivity contribution is 5.53. The molecule has 0 radical (unpaired) electrons. The SMILES string of the molecule is CCCOc1nc(NCC(C)(C)N(C)C)ccc1N. The third kappa shape index (κ3) is 4.59. The van der Waals surface area contributed by atoms with Crippen molar-refractivity contribution in [1.29, 1.82) is 0 Å². The van der Waals surface area contributed by atoms with Crippen molar-refractivity contribution in [1.82, 2.24) is 9.88 Å². The van der Waals surface area contributed by atoms with Crippen LogP contribution in [0, 0.1) is 0 Å². The highest BCUT2D eigenvalue weighted by Gasteiger charge is 2.20. The second kappa shape index (κ2) is 6.61. The lowest BCUT2D eigenvalue weighted by molar-refractivity contribution is 0.210. The fourth-order valence-electron chi connectivity index (χ4n) is 1.33. The molecule has 0 amide bonds. The topological polar surface area (TPSA) is 63.4 Å². The average Bonchev–Trinajstić information content (AvgIpc) is 2.36. The summed E-state index contributed by atoms with van der Waals surface area (Å²) in [5, 5.41) is 3.32. The van der Waals surface area contributed by atoms with E-state index >= 15 is 0 Å². The number of likely N-dealkylation sites (N-methyl/N-ethyl adjacent to an activating group) is 1. The number of rotatable bonds is 7. The van der Waals surface area contributed by atoms with Gasteiger partial charge in [0.25, 0.3) is 0 Å². The Hall–Kier alpha value is -1.49. The minimum Gasteiger partial charge on any atom is -0.476 e. The lowest BCUT2D eigenvalue weighted by Gasteiger charge is -2.32. The van der Waals surface area contributed by atoms with Crippen molar-refractivity contribution in [2.75, 3.05) is 38.3 Å². The molecule has 0 fully saturated rings. The van der Waals surface area contributed by atoms with Crippen LogP contribution in [0.1, 0.15) is 27.2 Å². The molecule has 0 spiro atoms. The number of ether oxygens (including phenoxy) is 1. The molecule has 1 heterocycles. The highest BCUT2D eigenvalue weighted by atomic mass is 16.5. The fourth-order valence-corrected chi connectivity index (χ4v) is 1.33. The zero-order chi connectivity index (χ0) is 14.5. The molecule has 0 aliphatic heterocycles. The zero-order valence-corrected chi connectivity index (χ0v) is 12.7. The van der Waals surface area contributed by atoms with Gasteiger partial charge in [-0.3, -0.25) is 0 Å². The van der Waals surface area contributed by atoms with Crippen LogP contribution in [0.5, 0.6) is 5.88 Å². The van der Waals surface area contributed by atoms with Gasteiger partial charge in [-0.25, -0.2) is 0 Å². The van der Waals surface area contributed by atoms with Crippen LogP contribution in [0.3, 0.4) is 0 Å². The number of nitrogen functional groups attached to an aromatic ring is 1. The predicted octanol–water partition coefficient (Wildman–Crippen LogP) is 2.20. The Kier molecular flexibility index (Phi) is 5.42. The van der Waals surface area contributed by atoms with E-state index < -0.39 is 0 Å². The zero-order valence-electron chi connectivity index (χ0n) is 12.7. The molecule has 19 heavy (non-hydrogen) atoms. The molecule has 1 rings (SSSR count). The molecule has 1 aromatic rings. The van der Waals surface area contributed by atoms with Crippen molar-refractivity contribution in [3.05, 3.63) is 12.1 Å². The monoisotopic (exact) mass is 266 g/mol. The molecule has 0 aromatic carbocycles. The Morgan fingerprint density at radius 3 is 2.63 bits per heavy atom. The molecule has 0 atom stereocenters. The van der Waals surface area contributed by atoms with E-state index in [2.05, 4.69) is 50.1 Å². The minimum atomic E-state index is 0.0491. The van der Waals surface area contributed by atoms with E-state index in [1.54, 1.807) is 0 Å². The second-order valence-corrected chi connectivity index (χ2v) is 5.50. The first kappa shape index (κ1) is 15.6. The summed E-state index contributed by atoms with van der Waals surface area (Å²) in [6.07, 6.45) is 0.937. The van der Waals surface area contributed by atoms with Gasteiger partial charge in [0.15, 0.2) is 0 Å². The molecule has 1 aromatic heterocycles. The van der Waals surface area contributed by atoms with Crippen molar-refractivity contribution in [2.24, 2.45) is 0 Å². The van der Waals surface area contributed by atoms with Crippen LogP contribution in [0.4, 0.5) is 11.5 Å². The third-order valence-electron chi connectivity index (χ3n) is 3.25. The van der Waals surface area contributed by atoms with Crippen LogP contribution in [0.2, 0.25) is 0 Å². The van der Waals surface area contributed by atoms with E-state index in [-0.39, 0.29) is 5.54 Å². The summed E-state index contributed by atoms with van der Waals surface area (Å²) in [6.45, 7) is 7.82. The summed E-state index contributed by atoms with van der Waals surface area (Å²) in [6, 6.07) is 3.70. The molecule has 5 nitrogen and oxygen atoms in total. The van der Waals surface area contributed by atoms with Gasteiger partial charge < -0.3 is 20.7 Å². The molecular formula is C14H26N4O. The van der Waals surface area contributed by atoms with Crippen molar-refractivity contribution in [3.63, 3.8) is 0 Å². The van der Waals surface area contributed by atoms with Crippen molar-refractivity contribution < 1.29 is 4.74 Å². The number of hydrogen-bond acceptors (Lipinski definition) is 5. The smallest absolute Gasteiger partial charge is 0.239 e. The van der Waals surface area contributed by atoms with Crippen LogP contribution in [0.15, 0.2) is 12.1 Å². The van der Waals surface area contributed by atoms with Gasteiger partial charge in [-0.15, -0.1) is 0 Å². The number of nitrogens with zero attached hydrogens (tertiary/aromatic N) is 2.